The molecule has 3 heteroatoms. The molecular weight excluding hydrogens is 212 g/mol. The van der Waals surface area contributed by atoms with Crippen LogP contribution >= 0.6 is 0 Å². The van der Waals surface area contributed by atoms with Crippen LogP contribution in [0, 0.1) is 29.1 Å². The van der Waals surface area contributed by atoms with E-state index >= 15 is 0 Å². The van der Waals surface area contributed by atoms with Gasteiger partial charge in [-0.1, -0.05) is 25.9 Å². The first-order valence-corrected chi connectivity index (χ1v) is 6.70. The third-order valence-electron chi connectivity index (χ3n) is 5.35. The van der Waals surface area contributed by atoms with Crippen molar-refractivity contribution in [3.8, 4) is 0 Å². The molecule has 2 rings (SSSR count). The Morgan fingerprint density at radius 3 is 2.41 bits per heavy atom. The van der Waals surface area contributed by atoms with E-state index in [2.05, 4.69) is 47.1 Å². The Balaban J connectivity index is 2.29. The van der Waals surface area contributed by atoms with E-state index in [4.69, 9.17) is 0 Å². The summed E-state index contributed by atoms with van der Waals surface area (Å²) < 4.78 is 0.942. The summed E-state index contributed by atoms with van der Waals surface area (Å²) >= 11 is 0. The van der Waals surface area contributed by atoms with Gasteiger partial charge in [0.2, 0.25) is 0 Å². The molecule has 1 N–H and O–H groups in total. The number of hydrogen-bond acceptors (Lipinski definition) is 2. The van der Waals surface area contributed by atoms with E-state index in [1.165, 1.54) is 6.42 Å². The lowest BCUT2D eigenvalue weighted by atomic mass is 9.64. The fourth-order valence-electron chi connectivity index (χ4n) is 4.14. The van der Waals surface area contributed by atoms with E-state index in [-0.39, 0.29) is 0 Å². The third kappa shape index (κ3) is 1.88. The SMILES string of the molecule is CC1C2CC(C(C[N+](C)(C)C)C2=NO)C1(C)C. The Hall–Kier alpha value is -0.570. The average molecular weight is 239 g/mol. The van der Waals surface area contributed by atoms with E-state index in [0.717, 1.165) is 16.7 Å². The molecule has 2 aliphatic rings. The second kappa shape index (κ2) is 3.71. The van der Waals surface area contributed by atoms with Gasteiger partial charge in [-0.05, 0) is 23.7 Å². The lowest BCUT2D eigenvalue weighted by Crippen LogP contribution is -2.48. The standard InChI is InChI=1S/C14H26N2O/c1-9-10-7-12(14(9,2)3)11(13(10)15-17)8-16(4,5)6/h9-12H,7-8H2,1-6H3/p+1. The topological polar surface area (TPSA) is 32.6 Å². The van der Waals surface area contributed by atoms with Crippen LogP contribution < -0.4 is 0 Å². The number of rotatable bonds is 2. The molecule has 0 heterocycles. The van der Waals surface area contributed by atoms with Crippen LogP contribution in [-0.2, 0) is 0 Å². The van der Waals surface area contributed by atoms with Gasteiger partial charge in [-0.15, -0.1) is 0 Å². The van der Waals surface area contributed by atoms with Crippen LogP contribution in [0.4, 0.5) is 0 Å². The van der Waals surface area contributed by atoms with Crippen LogP contribution in [0.5, 0.6) is 0 Å². The van der Waals surface area contributed by atoms with Gasteiger partial charge in [0.05, 0.1) is 39.3 Å². The molecule has 2 saturated carbocycles. The van der Waals surface area contributed by atoms with Gasteiger partial charge >= 0.3 is 0 Å². The molecule has 2 aliphatic carbocycles. The van der Waals surface area contributed by atoms with Crippen LogP contribution in [0.15, 0.2) is 5.16 Å². The molecule has 0 saturated heterocycles. The van der Waals surface area contributed by atoms with Crippen molar-refractivity contribution in [3.63, 3.8) is 0 Å². The largest absolute Gasteiger partial charge is 0.411 e. The van der Waals surface area contributed by atoms with Gasteiger partial charge in [0.25, 0.3) is 0 Å². The van der Waals surface area contributed by atoms with E-state index in [1.54, 1.807) is 0 Å². The van der Waals surface area contributed by atoms with E-state index in [0.29, 0.717) is 29.1 Å². The number of oxime groups is 1. The third-order valence-corrected chi connectivity index (χ3v) is 5.35. The lowest BCUT2D eigenvalue weighted by molar-refractivity contribution is -0.873. The minimum absolute atomic E-state index is 0.388. The van der Waals surface area contributed by atoms with E-state index in [9.17, 15) is 5.21 Å². The molecule has 3 nitrogen and oxygen atoms in total. The maximum atomic E-state index is 9.32. The first-order valence-electron chi connectivity index (χ1n) is 6.70. The molecule has 17 heavy (non-hydrogen) atoms. The Bertz CT molecular complexity index is 341. The zero-order chi connectivity index (χ0) is 13.0. The zero-order valence-corrected chi connectivity index (χ0v) is 12.1. The summed E-state index contributed by atoms with van der Waals surface area (Å²) in [6, 6.07) is 0. The second-order valence-electron chi connectivity index (χ2n) is 7.66. The van der Waals surface area contributed by atoms with Gasteiger partial charge in [-0.25, -0.2) is 0 Å². The van der Waals surface area contributed by atoms with Crippen LogP contribution in [0.1, 0.15) is 27.2 Å². The smallest absolute Gasteiger partial charge is 0.0866 e. The molecule has 0 aromatic heterocycles. The molecule has 98 valence electrons. The maximum Gasteiger partial charge on any atom is 0.0866 e. The Kier molecular flexibility index (Phi) is 2.81. The highest BCUT2D eigenvalue weighted by Crippen LogP contribution is 2.60. The van der Waals surface area contributed by atoms with Crippen molar-refractivity contribution in [2.45, 2.75) is 27.2 Å². The first kappa shape index (κ1) is 12.9. The Morgan fingerprint density at radius 1 is 1.35 bits per heavy atom. The summed E-state index contributed by atoms with van der Waals surface area (Å²) in [5, 5.41) is 13.0. The van der Waals surface area contributed by atoms with Crippen LogP contribution in [0.25, 0.3) is 0 Å². The van der Waals surface area contributed by atoms with Crippen molar-refractivity contribution in [3.05, 3.63) is 0 Å². The average Bonchev–Trinajstić information content (AvgIpc) is 2.61. The lowest BCUT2D eigenvalue weighted by Gasteiger charge is -2.42. The number of nitrogens with zero attached hydrogens (tertiary/aromatic N) is 2. The summed E-state index contributed by atoms with van der Waals surface area (Å²) in [7, 11) is 6.66. The fraction of sp³-hybridized carbons (Fsp3) is 0.929. The van der Waals surface area contributed by atoms with Crippen LogP contribution in [-0.4, -0.2) is 43.1 Å². The van der Waals surface area contributed by atoms with Gasteiger partial charge in [0.1, 0.15) is 0 Å². The normalized spacial score (nSPS) is 42.4. The summed E-state index contributed by atoms with van der Waals surface area (Å²) in [5.41, 5.74) is 1.47. The maximum absolute atomic E-state index is 9.32. The van der Waals surface area contributed by atoms with Gasteiger partial charge in [0, 0.05) is 5.92 Å². The fourth-order valence-corrected chi connectivity index (χ4v) is 4.14. The first-order chi connectivity index (χ1) is 7.68. The van der Waals surface area contributed by atoms with E-state index in [1.807, 2.05) is 0 Å². The second-order valence-corrected chi connectivity index (χ2v) is 7.66. The molecule has 0 amide bonds. The van der Waals surface area contributed by atoms with Crippen molar-refractivity contribution in [1.29, 1.82) is 0 Å². The number of hydrogen-bond donors (Lipinski definition) is 1. The minimum atomic E-state index is 0.388. The summed E-state index contributed by atoms with van der Waals surface area (Å²) in [6.07, 6.45) is 1.22. The predicted molar refractivity (Wildman–Crippen MR) is 70.2 cm³/mol. The molecule has 0 aromatic carbocycles. The van der Waals surface area contributed by atoms with Crippen LogP contribution in [0.3, 0.4) is 0 Å². The Labute approximate surface area is 105 Å². The Morgan fingerprint density at radius 2 is 1.94 bits per heavy atom. The highest BCUT2D eigenvalue weighted by atomic mass is 16.4. The van der Waals surface area contributed by atoms with Crippen molar-refractivity contribution >= 4 is 5.71 Å². The highest BCUT2D eigenvalue weighted by molar-refractivity contribution is 5.92. The summed E-state index contributed by atoms with van der Waals surface area (Å²) in [5.74, 6) is 2.31. The van der Waals surface area contributed by atoms with Crippen molar-refractivity contribution in [1.82, 2.24) is 0 Å². The van der Waals surface area contributed by atoms with Crippen LogP contribution in [0.2, 0.25) is 0 Å². The highest BCUT2D eigenvalue weighted by Gasteiger charge is 2.60. The van der Waals surface area contributed by atoms with Crippen molar-refractivity contribution in [2.24, 2.45) is 34.2 Å². The summed E-state index contributed by atoms with van der Waals surface area (Å²) in [4.78, 5) is 0. The molecule has 2 fully saturated rings. The molecule has 4 atom stereocenters. The molecule has 0 radical (unpaired) electrons. The molecular formula is C14H27N2O+. The zero-order valence-electron chi connectivity index (χ0n) is 12.1. The van der Waals surface area contributed by atoms with Gasteiger partial charge < -0.3 is 9.69 Å². The molecule has 0 aromatic rings. The summed E-state index contributed by atoms with van der Waals surface area (Å²) in [6.45, 7) is 8.17. The predicted octanol–water partition coefficient (Wildman–Crippen LogP) is 2.45. The molecule has 4 unspecified atom stereocenters. The molecule has 0 aliphatic heterocycles. The molecule has 2 bridgehead atoms. The van der Waals surface area contributed by atoms with Crippen molar-refractivity contribution < 1.29 is 9.69 Å². The quantitative estimate of drug-likeness (QED) is 0.448. The van der Waals surface area contributed by atoms with Gasteiger partial charge in [-0.3, -0.25) is 0 Å². The minimum Gasteiger partial charge on any atom is -0.411 e. The van der Waals surface area contributed by atoms with Gasteiger partial charge in [-0.2, -0.15) is 0 Å². The van der Waals surface area contributed by atoms with Crippen molar-refractivity contribution in [2.75, 3.05) is 27.7 Å². The number of quaternary nitrogens is 1. The van der Waals surface area contributed by atoms with E-state index < -0.39 is 0 Å². The van der Waals surface area contributed by atoms with Gasteiger partial charge in [0.15, 0.2) is 0 Å². The number of fused-ring (bicyclic) bond motifs is 2. The monoisotopic (exact) mass is 239 g/mol. The molecule has 0 spiro atoms.